The molecule has 0 radical (unpaired) electrons. The minimum absolute atomic E-state index is 0.142. The van der Waals surface area contributed by atoms with Gasteiger partial charge in [-0.2, -0.15) is 0 Å². The second kappa shape index (κ2) is 5.83. The van der Waals surface area contributed by atoms with E-state index in [4.69, 9.17) is 10.5 Å². The summed E-state index contributed by atoms with van der Waals surface area (Å²) in [6.45, 7) is 9.38. The van der Waals surface area contributed by atoms with E-state index in [1.807, 2.05) is 0 Å². The van der Waals surface area contributed by atoms with E-state index in [1.54, 1.807) is 0 Å². The number of rotatable bonds is 7. The Morgan fingerprint density at radius 1 is 1.41 bits per heavy atom. The molecule has 1 rings (SSSR count). The van der Waals surface area contributed by atoms with Crippen LogP contribution in [0.25, 0.3) is 0 Å². The molecule has 4 heteroatoms. The van der Waals surface area contributed by atoms with Crippen LogP contribution < -0.4 is 11.1 Å². The highest BCUT2D eigenvalue weighted by Crippen LogP contribution is 2.27. The third-order valence-corrected chi connectivity index (χ3v) is 3.46. The van der Waals surface area contributed by atoms with E-state index in [0.29, 0.717) is 13.0 Å². The Morgan fingerprint density at radius 2 is 2.06 bits per heavy atom. The highest BCUT2D eigenvalue weighted by molar-refractivity contribution is 5.75. The second-order valence-electron chi connectivity index (χ2n) is 6.28. The van der Waals surface area contributed by atoms with Crippen molar-refractivity contribution in [1.29, 1.82) is 0 Å². The Balaban J connectivity index is 2.16. The van der Waals surface area contributed by atoms with E-state index in [2.05, 4.69) is 26.1 Å². The van der Waals surface area contributed by atoms with Crippen LogP contribution in [0.1, 0.15) is 40.0 Å². The van der Waals surface area contributed by atoms with E-state index in [-0.39, 0.29) is 16.7 Å². The minimum Gasteiger partial charge on any atom is -0.380 e. The topological polar surface area (TPSA) is 64.4 Å². The van der Waals surface area contributed by atoms with Gasteiger partial charge in [0.25, 0.3) is 0 Å². The SMILES string of the molecule is CC(C)(CCN)CCC(=O)NCC1(C)COC1. The third kappa shape index (κ3) is 5.04. The molecule has 1 aliphatic heterocycles. The van der Waals surface area contributed by atoms with Crippen molar-refractivity contribution < 1.29 is 9.53 Å². The molecule has 0 saturated carbocycles. The lowest BCUT2D eigenvalue weighted by Crippen LogP contribution is -2.48. The Bertz CT molecular complexity index is 260. The van der Waals surface area contributed by atoms with Gasteiger partial charge in [-0.15, -0.1) is 0 Å². The zero-order valence-corrected chi connectivity index (χ0v) is 11.3. The molecule has 17 heavy (non-hydrogen) atoms. The number of nitrogens with two attached hydrogens (primary N) is 1. The fourth-order valence-corrected chi connectivity index (χ4v) is 1.92. The molecule has 1 fully saturated rings. The number of hydrogen-bond donors (Lipinski definition) is 2. The lowest BCUT2D eigenvalue weighted by Gasteiger charge is -2.38. The van der Waals surface area contributed by atoms with Crippen molar-refractivity contribution in [3.63, 3.8) is 0 Å². The van der Waals surface area contributed by atoms with Crippen LogP contribution in [0.3, 0.4) is 0 Å². The van der Waals surface area contributed by atoms with Gasteiger partial charge in [0.2, 0.25) is 5.91 Å². The van der Waals surface area contributed by atoms with Crippen molar-refractivity contribution in [3.05, 3.63) is 0 Å². The van der Waals surface area contributed by atoms with Gasteiger partial charge in [0.15, 0.2) is 0 Å². The van der Waals surface area contributed by atoms with Crippen molar-refractivity contribution in [3.8, 4) is 0 Å². The maximum absolute atomic E-state index is 11.7. The molecule has 0 aliphatic carbocycles. The lowest BCUT2D eigenvalue weighted by atomic mass is 9.84. The van der Waals surface area contributed by atoms with Crippen molar-refractivity contribution in [1.82, 2.24) is 5.32 Å². The fourth-order valence-electron chi connectivity index (χ4n) is 1.92. The molecule has 1 amide bonds. The summed E-state index contributed by atoms with van der Waals surface area (Å²) in [5.41, 5.74) is 5.87. The minimum atomic E-state index is 0.142. The van der Waals surface area contributed by atoms with Gasteiger partial charge in [-0.25, -0.2) is 0 Å². The zero-order valence-electron chi connectivity index (χ0n) is 11.3. The third-order valence-electron chi connectivity index (χ3n) is 3.46. The molecule has 0 aromatic heterocycles. The Kier molecular flexibility index (Phi) is 4.95. The first-order valence-electron chi connectivity index (χ1n) is 6.41. The molecule has 100 valence electrons. The van der Waals surface area contributed by atoms with Gasteiger partial charge in [-0.05, 0) is 24.8 Å². The lowest BCUT2D eigenvalue weighted by molar-refractivity contribution is -0.127. The largest absolute Gasteiger partial charge is 0.380 e. The number of amides is 1. The van der Waals surface area contributed by atoms with Gasteiger partial charge >= 0.3 is 0 Å². The Hall–Kier alpha value is -0.610. The molecular formula is C13H26N2O2. The van der Waals surface area contributed by atoms with Crippen LogP contribution in [-0.4, -0.2) is 32.2 Å². The summed E-state index contributed by atoms with van der Waals surface area (Å²) in [5, 5.41) is 2.99. The molecule has 0 spiro atoms. The van der Waals surface area contributed by atoms with E-state index in [9.17, 15) is 4.79 Å². The van der Waals surface area contributed by atoms with Crippen LogP contribution in [-0.2, 0) is 9.53 Å². The van der Waals surface area contributed by atoms with Crippen LogP contribution in [0.15, 0.2) is 0 Å². The standard InChI is InChI=1S/C13H26N2O2/c1-12(2,6-7-14)5-4-11(16)15-8-13(3)9-17-10-13/h4-10,14H2,1-3H3,(H,15,16). The summed E-state index contributed by atoms with van der Waals surface area (Å²) >= 11 is 0. The highest BCUT2D eigenvalue weighted by Gasteiger charge is 2.33. The number of hydrogen-bond acceptors (Lipinski definition) is 3. The maximum atomic E-state index is 11.7. The van der Waals surface area contributed by atoms with E-state index in [1.165, 1.54) is 0 Å². The molecule has 0 bridgehead atoms. The van der Waals surface area contributed by atoms with Crippen molar-refractivity contribution in [2.75, 3.05) is 26.3 Å². The Morgan fingerprint density at radius 3 is 2.53 bits per heavy atom. The molecule has 0 unspecified atom stereocenters. The number of ether oxygens (including phenoxy) is 1. The monoisotopic (exact) mass is 242 g/mol. The summed E-state index contributed by atoms with van der Waals surface area (Å²) in [4.78, 5) is 11.7. The average Bonchev–Trinajstić information content (AvgIpc) is 2.21. The predicted molar refractivity (Wildman–Crippen MR) is 68.6 cm³/mol. The van der Waals surface area contributed by atoms with Crippen LogP contribution >= 0.6 is 0 Å². The van der Waals surface area contributed by atoms with E-state index >= 15 is 0 Å². The molecule has 3 N–H and O–H groups in total. The molecule has 1 heterocycles. The summed E-state index contributed by atoms with van der Waals surface area (Å²) in [5.74, 6) is 0.142. The fraction of sp³-hybridized carbons (Fsp3) is 0.923. The number of carbonyl (C=O) groups is 1. The van der Waals surface area contributed by atoms with Crippen LogP contribution in [0.4, 0.5) is 0 Å². The maximum Gasteiger partial charge on any atom is 0.220 e. The van der Waals surface area contributed by atoms with Crippen molar-refractivity contribution >= 4 is 5.91 Å². The first-order valence-corrected chi connectivity index (χ1v) is 6.41. The van der Waals surface area contributed by atoms with Gasteiger partial charge in [-0.1, -0.05) is 20.8 Å². The summed E-state index contributed by atoms with van der Waals surface area (Å²) in [7, 11) is 0. The summed E-state index contributed by atoms with van der Waals surface area (Å²) < 4.78 is 5.15. The van der Waals surface area contributed by atoms with Gasteiger partial charge in [0.05, 0.1) is 13.2 Å². The summed E-state index contributed by atoms with van der Waals surface area (Å²) in [6.07, 6.45) is 2.44. The van der Waals surface area contributed by atoms with Gasteiger partial charge in [0, 0.05) is 18.4 Å². The van der Waals surface area contributed by atoms with Gasteiger partial charge < -0.3 is 15.8 Å². The Labute approximate surface area is 104 Å². The zero-order chi connectivity index (χ0) is 12.9. The quantitative estimate of drug-likeness (QED) is 0.707. The van der Waals surface area contributed by atoms with E-state index in [0.717, 1.165) is 32.6 Å². The van der Waals surface area contributed by atoms with Crippen LogP contribution in [0.5, 0.6) is 0 Å². The van der Waals surface area contributed by atoms with Crippen molar-refractivity contribution in [2.45, 2.75) is 40.0 Å². The van der Waals surface area contributed by atoms with Gasteiger partial charge in [-0.3, -0.25) is 4.79 Å². The van der Waals surface area contributed by atoms with Crippen molar-refractivity contribution in [2.24, 2.45) is 16.6 Å². The summed E-state index contributed by atoms with van der Waals surface area (Å²) in [6, 6.07) is 0. The van der Waals surface area contributed by atoms with Crippen LogP contribution in [0.2, 0.25) is 0 Å². The molecule has 0 aromatic rings. The normalized spacial score (nSPS) is 18.6. The first kappa shape index (κ1) is 14.5. The molecular weight excluding hydrogens is 216 g/mol. The average molecular weight is 242 g/mol. The molecule has 1 saturated heterocycles. The smallest absolute Gasteiger partial charge is 0.220 e. The predicted octanol–water partition coefficient (Wildman–Crippen LogP) is 1.29. The number of nitrogens with one attached hydrogen (secondary N) is 1. The molecule has 4 nitrogen and oxygen atoms in total. The number of carbonyl (C=O) groups excluding carboxylic acids is 1. The second-order valence-corrected chi connectivity index (χ2v) is 6.28. The molecule has 1 aliphatic rings. The van der Waals surface area contributed by atoms with Crippen LogP contribution in [0, 0.1) is 10.8 Å². The molecule has 0 atom stereocenters. The van der Waals surface area contributed by atoms with E-state index < -0.39 is 0 Å². The first-order chi connectivity index (χ1) is 7.87. The highest BCUT2D eigenvalue weighted by atomic mass is 16.5. The van der Waals surface area contributed by atoms with Gasteiger partial charge in [0.1, 0.15) is 0 Å². The molecule has 0 aromatic carbocycles.